The molecule has 0 fully saturated rings. The van der Waals surface area contributed by atoms with E-state index >= 15 is 0 Å². The number of rotatable bonds is 2. The second-order valence-electron chi connectivity index (χ2n) is 10.0. The molecule has 3 aromatic heterocycles. The van der Waals surface area contributed by atoms with Crippen molar-refractivity contribution in [3.05, 3.63) is 127 Å². The van der Waals surface area contributed by atoms with Crippen LogP contribution in [-0.4, -0.2) is 15.0 Å². The molecule has 1 aliphatic carbocycles. The van der Waals surface area contributed by atoms with Gasteiger partial charge in [0.1, 0.15) is 0 Å². The molecule has 3 nitrogen and oxygen atoms in total. The maximum Gasteiger partial charge on any atom is 0.0522 e. The van der Waals surface area contributed by atoms with Gasteiger partial charge in [-0.15, -0.1) is 65.2 Å². The molecule has 0 aliphatic heterocycles. The summed E-state index contributed by atoms with van der Waals surface area (Å²) in [4.78, 5) is 13.4. The van der Waals surface area contributed by atoms with Gasteiger partial charge in [0.05, 0.1) is 5.69 Å². The predicted octanol–water partition coefficient (Wildman–Crippen LogP) is 7.73. The van der Waals surface area contributed by atoms with E-state index in [1.54, 1.807) is 6.20 Å². The maximum atomic E-state index is 4.74. The zero-order chi connectivity index (χ0) is 25.2. The Morgan fingerprint density at radius 3 is 1.86 bits per heavy atom. The first kappa shape index (κ1) is 26.6. The largest absolute Gasteiger partial charge is 0.305 e. The molecule has 1 aliphatic rings. The molecule has 0 unspecified atom stereocenters. The summed E-state index contributed by atoms with van der Waals surface area (Å²) >= 11 is 0. The van der Waals surface area contributed by atoms with Crippen LogP contribution in [0.2, 0.25) is 0 Å². The Bertz CT molecular complexity index is 1430. The number of nitrogens with zero attached hydrogens (tertiary/aromatic N) is 3. The number of pyridine rings is 3. The molecular weight excluding hydrogens is 631 g/mol. The summed E-state index contributed by atoms with van der Waals surface area (Å²) in [7, 11) is 0. The van der Waals surface area contributed by atoms with Crippen molar-refractivity contribution < 1.29 is 20.1 Å². The van der Waals surface area contributed by atoms with E-state index < -0.39 is 0 Å². The summed E-state index contributed by atoms with van der Waals surface area (Å²) in [5.74, 6) is 0. The third kappa shape index (κ3) is 5.05. The number of fused-ring (bicyclic) bond motifs is 3. The maximum absolute atomic E-state index is 4.74. The molecule has 0 saturated carbocycles. The smallest absolute Gasteiger partial charge is 0.0522 e. The van der Waals surface area contributed by atoms with Crippen LogP contribution in [0.5, 0.6) is 0 Å². The summed E-state index contributed by atoms with van der Waals surface area (Å²) in [6.45, 7) is 9.18. The van der Waals surface area contributed by atoms with Crippen LogP contribution in [0, 0.1) is 12.1 Å². The predicted molar refractivity (Wildman–Crippen MR) is 146 cm³/mol. The molecule has 187 valence electrons. The van der Waals surface area contributed by atoms with E-state index in [-0.39, 0.29) is 30.9 Å². The van der Waals surface area contributed by atoms with Crippen molar-refractivity contribution in [1.82, 2.24) is 15.0 Å². The Morgan fingerprint density at radius 2 is 1.24 bits per heavy atom. The molecule has 6 rings (SSSR count). The van der Waals surface area contributed by atoms with Crippen molar-refractivity contribution in [2.45, 2.75) is 38.5 Å². The summed E-state index contributed by atoms with van der Waals surface area (Å²) in [6, 6.07) is 34.8. The van der Waals surface area contributed by atoms with Gasteiger partial charge in [0, 0.05) is 44.1 Å². The molecule has 4 heteroatoms. The van der Waals surface area contributed by atoms with Gasteiger partial charge >= 0.3 is 0 Å². The normalized spacial score (nSPS) is 14.2. The van der Waals surface area contributed by atoms with Crippen LogP contribution >= 0.6 is 0 Å². The third-order valence-electron chi connectivity index (χ3n) is 7.47. The second-order valence-corrected chi connectivity index (χ2v) is 10.0. The van der Waals surface area contributed by atoms with E-state index in [0.29, 0.717) is 0 Å². The number of benzene rings is 2. The van der Waals surface area contributed by atoms with Gasteiger partial charge in [0.15, 0.2) is 0 Å². The number of aromatic nitrogens is 3. The average molecular weight is 660 g/mol. The van der Waals surface area contributed by atoms with Gasteiger partial charge in [-0.05, 0) is 40.6 Å². The van der Waals surface area contributed by atoms with E-state index in [1.165, 1.54) is 22.4 Å². The first-order valence-electron chi connectivity index (χ1n) is 12.2. The molecule has 5 aromatic rings. The van der Waals surface area contributed by atoms with Crippen LogP contribution in [0.1, 0.15) is 39.0 Å². The zero-order valence-electron chi connectivity index (χ0n) is 21.5. The van der Waals surface area contributed by atoms with E-state index in [1.807, 2.05) is 79.1 Å². The molecule has 0 amide bonds. The van der Waals surface area contributed by atoms with E-state index in [0.717, 1.165) is 22.5 Å². The zero-order valence-corrected chi connectivity index (χ0v) is 23.9. The van der Waals surface area contributed by atoms with E-state index in [4.69, 9.17) is 4.98 Å². The van der Waals surface area contributed by atoms with Gasteiger partial charge < -0.3 is 9.97 Å². The third-order valence-corrected chi connectivity index (χ3v) is 7.47. The molecule has 2 aromatic carbocycles. The van der Waals surface area contributed by atoms with Crippen LogP contribution in [-0.2, 0) is 30.9 Å². The molecule has 0 atom stereocenters. The first-order valence-corrected chi connectivity index (χ1v) is 12.2. The summed E-state index contributed by atoms with van der Waals surface area (Å²) in [5, 5.41) is 0. The van der Waals surface area contributed by atoms with Crippen LogP contribution in [0.3, 0.4) is 0 Å². The van der Waals surface area contributed by atoms with Crippen LogP contribution in [0.25, 0.3) is 33.6 Å². The van der Waals surface area contributed by atoms with Gasteiger partial charge in [-0.1, -0.05) is 63.6 Å². The van der Waals surface area contributed by atoms with Crippen molar-refractivity contribution in [3.8, 4) is 33.6 Å². The van der Waals surface area contributed by atoms with Crippen LogP contribution in [0.15, 0.2) is 104 Å². The molecule has 0 N–H and O–H groups in total. The Kier molecular flexibility index (Phi) is 7.82. The van der Waals surface area contributed by atoms with Crippen molar-refractivity contribution in [1.29, 1.82) is 0 Å². The summed E-state index contributed by atoms with van der Waals surface area (Å²) in [5.41, 5.74) is 8.89. The van der Waals surface area contributed by atoms with Crippen molar-refractivity contribution in [3.63, 3.8) is 0 Å². The number of hydrogen-bond acceptors (Lipinski definition) is 3. The molecule has 37 heavy (non-hydrogen) atoms. The number of hydrogen-bond donors (Lipinski definition) is 0. The Hall–Kier alpha value is -3.46. The van der Waals surface area contributed by atoms with Gasteiger partial charge in [0.2, 0.25) is 0 Å². The Balaban J connectivity index is 0.000000208. The van der Waals surface area contributed by atoms with Crippen molar-refractivity contribution in [2.24, 2.45) is 0 Å². The Morgan fingerprint density at radius 1 is 0.595 bits per heavy atom. The van der Waals surface area contributed by atoms with Gasteiger partial charge in [0.25, 0.3) is 0 Å². The minimum Gasteiger partial charge on any atom is -0.305 e. The van der Waals surface area contributed by atoms with Crippen molar-refractivity contribution in [2.75, 3.05) is 0 Å². The van der Waals surface area contributed by atoms with Crippen LogP contribution in [0.4, 0.5) is 0 Å². The van der Waals surface area contributed by atoms with Gasteiger partial charge in [-0.3, -0.25) is 4.98 Å². The average Bonchev–Trinajstić information content (AvgIpc) is 2.94. The molecule has 0 bridgehead atoms. The van der Waals surface area contributed by atoms with Crippen molar-refractivity contribution >= 4 is 0 Å². The SMILES string of the molecule is CC1(C)c2c[c-]c(-c3ccccn3)cc2-c2cccnc2C1(C)C.[Ir].[c-]1ccccc1-c1ccccn1. The fourth-order valence-electron chi connectivity index (χ4n) is 4.73. The van der Waals surface area contributed by atoms with Crippen LogP contribution < -0.4 is 0 Å². The van der Waals surface area contributed by atoms with Gasteiger partial charge in [-0.2, -0.15) is 0 Å². The van der Waals surface area contributed by atoms with E-state index in [2.05, 4.69) is 68.0 Å². The summed E-state index contributed by atoms with van der Waals surface area (Å²) < 4.78 is 0. The minimum atomic E-state index is -0.0447. The quantitative estimate of drug-likeness (QED) is 0.182. The fraction of sp³-hybridized carbons (Fsp3) is 0.182. The second kappa shape index (κ2) is 10.9. The molecule has 0 spiro atoms. The molecule has 0 saturated heterocycles. The fourth-order valence-corrected chi connectivity index (χ4v) is 4.73. The monoisotopic (exact) mass is 660 g/mol. The Labute approximate surface area is 233 Å². The van der Waals surface area contributed by atoms with Gasteiger partial charge in [-0.25, -0.2) is 0 Å². The molecule has 1 radical (unpaired) electrons. The summed E-state index contributed by atoms with van der Waals surface area (Å²) in [6.07, 6.45) is 5.51. The molecular formula is C33H29IrN3-2. The minimum absolute atomic E-state index is 0. The van der Waals surface area contributed by atoms with E-state index in [9.17, 15) is 0 Å². The topological polar surface area (TPSA) is 38.7 Å². The molecule has 3 heterocycles. The first-order chi connectivity index (χ1) is 17.4. The standard InChI is InChI=1S/C22H21N2.C11H8N.Ir/c1-21(2)18-11-10-15(19-9-5-6-12-23-19)14-17(18)16-8-7-13-24-20(16)22(21,3)4;1-2-6-10(7-3-1)11-8-4-5-9-12-11;/h5-9,11-14H,1-4H3;1-6,8-9H;/q2*-1;.